The summed E-state index contributed by atoms with van der Waals surface area (Å²) in [6.07, 6.45) is 2.90. The first kappa shape index (κ1) is 21.2. The Labute approximate surface area is 193 Å². The number of hydrogen-bond acceptors (Lipinski definition) is 7. The molecule has 3 heterocycles. The van der Waals surface area contributed by atoms with Gasteiger partial charge in [0.15, 0.2) is 11.7 Å². The van der Waals surface area contributed by atoms with Crippen LogP contribution in [0, 0.1) is 5.92 Å². The van der Waals surface area contributed by atoms with E-state index in [9.17, 15) is 4.79 Å². The van der Waals surface area contributed by atoms with Crippen molar-refractivity contribution < 1.29 is 9.53 Å². The van der Waals surface area contributed by atoms with Crippen molar-refractivity contribution in [3.05, 3.63) is 71.4 Å². The quantitative estimate of drug-likeness (QED) is 0.632. The zero-order valence-corrected chi connectivity index (χ0v) is 18.6. The SMILES string of the molecule is COc1ccc(CNC(=O)c2cccc(C3=CN=C(N)C4=NC(C5CCNC5)CN34)c2)cc1. The van der Waals surface area contributed by atoms with Gasteiger partial charge in [-0.3, -0.25) is 9.79 Å². The van der Waals surface area contributed by atoms with Crippen LogP contribution in [0.4, 0.5) is 0 Å². The van der Waals surface area contributed by atoms with Crippen LogP contribution >= 0.6 is 0 Å². The van der Waals surface area contributed by atoms with Gasteiger partial charge in [-0.25, -0.2) is 4.99 Å². The molecule has 1 saturated heterocycles. The highest BCUT2D eigenvalue weighted by Gasteiger charge is 2.37. The molecule has 1 amide bonds. The molecule has 4 N–H and O–H groups in total. The van der Waals surface area contributed by atoms with Gasteiger partial charge in [-0.05, 0) is 48.7 Å². The number of nitrogens with two attached hydrogens (primary N) is 1. The minimum absolute atomic E-state index is 0.127. The summed E-state index contributed by atoms with van der Waals surface area (Å²) >= 11 is 0. The number of ether oxygens (including phenoxy) is 1. The lowest BCUT2D eigenvalue weighted by atomic mass is 9.99. The lowest BCUT2D eigenvalue weighted by Gasteiger charge is -2.27. The van der Waals surface area contributed by atoms with E-state index < -0.39 is 0 Å². The van der Waals surface area contributed by atoms with Crippen LogP contribution in [0.25, 0.3) is 5.70 Å². The summed E-state index contributed by atoms with van der Waals surface area (Å²) in [5.74, 6) is 2.35. The van der Waals surface area contributed by atoms with E-state index >= 15 is 0 Å². The number of rotatable bonds is 6. The Kier molecular flexibility index (Phi) is 5.83. The second-order valence-electron chi connectivity index (χ2n) is 8.52. The number of fused-ring (bicyclic) bond motifs is 1. The minimum Gasteiger partial charge on any atom is -0.497 e. The largest absolute Gasteiger partial charge is 0.497 e. The predicted octanol–water partition coefficient (Wildman–Crippen LogP) is 1.99. The molecule has 1 fully saturated rings. The maximum absolute atomic E-state index is 12.8. The summed E-state index contributed by atoms with van der Waals surface area (Å²) in [6.45, 7) is 3.23. The molecule has 0 aromatic heterocycles. The smallest absolute Gasteiger partial charge is 0.251 e. The zero-order chi connectivity index (χ0) is 22.8. The van der Waals surface area contributed by atoms with E-state index in [4.69, 9.17) is 15.5 Å². The maximum Gasteiger partial charge on any atom is 0.251 e. The van der Waals surface area contributed by atoms with Gasteiger partial charge in [-0.15, -0.1) is 0 Å². The third kappa shape index (κ3) is 4.34. The molecule has 33 heavy (non-hydrogen) atoms. The van der Waals surface area contributed by atoms with E-state index in [1.54, 1.807) is 13.3 Å². The van der Waals surface area contributed by atoms with Crippen molar-refractivity contribution in [2.75, 3.05) is 26.7 Å². The molecule has 3 aliphatic heterocycles. The van der Waals surface area contributed by atoms with Crippen molar-refractivity contribution in [2.24, 2.45) is 21.6 Å². The van der Waals surface area contributed by atoms with Crippen molar-refractivity contribution in [1.29, 1.82) is 0 Å². The van der Waals surface area contributed by atoms with E-state index in [1.165, 1.54) is 0 Å². The van der Waals surface area contributed by atoms with Crippen molar-refractivity contribution >= 4 is 23.3 Å². The Morgan fingerprint density at radius 1 is 1.27 bits per heavy atom. The molecule has 2 unspecified atom stereocenters. The Morgan fingerprint density at radius 3 is 2.88 bits per heavy atom. The van der Waals surface area contributed by atoms with Crippen LogP contribution in [0.3, 0.4) is 0 Å². The van der Waals surface area contributed by atoms with E-state index in [0.717, 1.165) is 54.5 Å². The van der Waals surface area contributed by atoms with Gasteiger partial charge < -0.3 is 26.0 Å². The highest BCUT2D eigenvalue weighted by molar-refractivity contribution is 6.42. The molecule has 0 spiro atoms. The predicted molar refractivity (Wildman–Crippen MR) is 129 cm³/mol. The molecule has 8 heteroatoms. The number of carbonyl (C=O) groups is 1. The van der Waals surface area contributed by atoms with Crippen LogP contribution in [0.1, 0.15) is 27.9 Å². The number of nitrogens with zero attached hydrogens (tertiary/aromatic N) is 3. The fourth-order valence-electron chi connectivity index (χ4n) is 4.55. The Balaban J connectivity index is 1.31. The van der Waals surface area contributed by atoms with Gasteiger partial charge in [-0.1, -0.05) is 24.3 Å². The van der Waals surface area contributed by atoms with Crippen molar-refractivity contribution in [3.63, 3.8) is 0 Å². The molecule has 2 atom stereocenters. The molecule has 0 radical (unpaired) electrons. The number of carbonyl (C=O) groups excluding carboxylic acids is 1. The first-order valence-corrected chi connectivity index (χ1v) is 11.2. The molecule has 8 nitrogen and oxygen atoms in total. The van der Waals surface area contributed by atoms with Gasteiger partial charge in [0, 0.05) is 30.8 Å². The molecular formula is C25H28N6O2. The van der Waals surface area contributed by atoms with E-state index in [2.05, 4.69) is 20.5 Å². The molecule has 3 aliphatic rings. The summed E-state index contributed by atoms with van der Waals surface area (Å²) in [4.78, 5) is 24.3. The topological polar surface area (TPSA) is 104 Å². The second kappa shape index (κ2) is 9.07. The number of nitrogens with one attached hydrogen (secondary N) is 2. The lowest BCUT2D eigenvalue weighted by molar-refractivity contribution is 0.0951. The zero-order valence-electron chi connectivity index (χ0n) is 18.6. The first-order valence-electron chi connectivity index (χ1n) is 11.2. The second-order valence-corrected chi connectivity index (χ2v) is 8.52. The third-order valence-corrected chi connectivity index (χ3v) is 6.43. The van der Waals surface area contributed by atoms with E-state index in [0.29, 0.717) is 23.9 Å². The van der Waals surface area contributed by atoms with Gasteiger partial charge in [-0.2, -0.15) is 0 Å². The van der Waals surface area contributed by atoms with Crippen LogP contribution in [-0.4, -0.2) is 55.3 Å². The van der Waals surface area contributed by atoms with Gasteiger partial charge >= 0.3 is 0 Å². The highest BCUT2D eigenvalue weighted by atomic mass is 16.5. The molecule has 0 bridgehead atoms. The first-order chi connectivity index (χ1) is 16.1. The monoisotopic (exact) mass is 444 g/mol. The minimum atomic E-state index is -0.127. The maximum atomic E-state index is 12.8. The van der Waals surface area contributed by atoms with Gasteiger partial charge in [0.05, 0.1) is 25.0 Å². The molecule has 2 aromatic rings. The molecule has 5 rings (SSSR count). The Bertz CT molecular complexity index is 1130. The molecular weight excluding hydrogens is 416 g/mol. The average molecular weight is 445 g/mol. The fourth-order valence-corrected chi connectivity index (χ4v) is 4.55. The summed E-state index contributed by atoms with van der Waals surface area (Å²) in [7, 11) is 1.63. The van der Waals surface area contributed by atoms with Crippen molar-refractivity contribution in [3.8, 4) is 5.75 Å². The number of hydrogen-bond donors (Lipinski definition) is 3. The normalized spacial score (nSPS) is 21.7. The van der Waals surface area contributed by atoms with Crippen LogP contribution in [0.5, 0.6) is 5.75 Å². The summed E-state index contributed by atoms with van der Waals surface area (Å²) in [5.41, 5.74) is 9.59. The summed E-state index contributed by atoms with van der Waals surface area (Å²) in [6, 6.07) is 15.4. The molecule has 2 aromatic carbocycles. The number of aliphatic imine (C=N–C) groups is 2. The number of benzene rings is 2. The van der Waals surface area contributed by atoms with Crippen molar-refractivity contribution in [1.82, 2.24) is 15.5 Å². The molecule has 0 saturated carbocycles. The Morgan fingerprint density at radius 2 is 2.12 bits per heavy atom. The van der Waals surface area contributed by atoms with Gasteiger partial charge in [0.1, 0.15) is 5.75 Å². The number of amidine groups is 2. The van der Waals surface area contributed by atoms with Crippen LogP contribution < -0.4 is 21.1 Å². The number of amides is 1. The van der Waals surface area contributed by atoms with Crippen LogP contribution in [0.2, 0.25) is 0 Å². The van der Waals surface area contributed by atoms with Crippen LogP contribution in [-0.2, 0) is 6.54 Å². The van der Waals surface area contributed by atoms with Gasteiger partial charge in [0.25, 0.3) is 5.91 Å². The molecule has 170 valence electrons. The molecule has 0 aliphatic carbocycles. The van der Waals surface area contributed by atoms with Crippen molar-refractivity contribution in [2.45, 2.75) is 19.0 Å². The fraction of sp³-hybridized carbons (Fsp3) is 0.320. The standard InChI is InChI=1S/C25H28N6O2/c1-33-20-7-5-16(6-8-20)12-29-25(32)18-4-2-3-17(11-18)22-14-28-23(26)24-30-21(15-31(22)24)19-9-10-27-13-19/h2-8,11,14,19,21,27H,9-10,12-13,15H2,1H3,(H2,26,28)(H,29,32). The van der Waals surface area contributed by atoms with E-state index in [1.807, 2.05) is 48.5 Å². The number of methoxy groups -OCH3 is 1. The lowest BCUT2D eigenvalue weighted by Crippen LogP contribution is -2.39. The van der Waals surface area contributed by atoms with Crippen LogP contribution in [0.15, 0.2) is 64.7 Å². The van der Waals surface area contributed by atoms with Gasteiger partial charge in [0.2, 0.25) is 0 Å². The van der Waals surface area contributed by atoms with E-state index in [-0.39, 0.29) is 11.9 Å². The third-order valence-electron chi connectivity index (χ3n) is 6.43. The highest BCUT2D eigenvalue weighted by Crippen LogP contribution is 2.31. The Hall–Kier alpha value is -3.65. The summed E-state index contributed by atoms with van der Waals surface area (Å²) in [5, 5.41) is 6.41. The average Bonchev–Trinajstić information content (AvgIpc) is 3.54. The summed E-state index contributed by atoms with van der Waals surface area (Å²) < 4.78 is 5.18.